The van der Waals surface area contributed by atoms with Crippen molar-refractivity contribution in [1.29, 1.82) is 0 Å². The molecule has 1 amide bonds. The van der Waals surface area contributed by atoms with Gasteiger partial charge in [0.05, 0.1) is 0 Å². The van der Waals surface area contributed by atoms with Gasteiger partial charge in [-0.1, -0.05) is 29.4 Å². The molecular formula is C20H18N2O2S. The van der Waals surface area contributed by atoms with Gasteiger partial charge in [-0.05, 0) is 43.7 Å². The van der Waals surface area contributed by atoms with Gasteiger partial charge in [0, 0.05) is 34.0 Å². The van der Waals surface area contributed by atoms with Crippen LogP contribution in [0.15, 0.2) is 57.9 Å². The Balaban J connectivity index is 1.74. The van der Waals surface area contributed by atoms with Crippen LogP contribution < -0.4 is 4.90 Å². The number of benzene rings is 2. The first kappa shape index (κ1) is 16.0. The molecule has 2 heterocycles. The highest BCUT2D eigenvalue weighted by Crippen LogP contribution is 2.42. The largest absolute Gasteiger partial charge is 0.355 e. The molecule has 1 aliphatic rings. The SMILES string of the molecule is CCN(C(=O)c1noc2c1CSc1ccccc1-2)c1cccc(C)c1. The van der Waals surface area contributed by atoms with Crippen LogP contribution in [-0.2, 0) is 5.75 Å². The lowest BCUT2D eigenvalue weighted by Gasteiger charge is -2.21. The van der Waals surface area contributed by atoms with Crippen LogP contribution in [0, 0.1) is 6.92 Å². The topological polar surface area (TPSA) is 46.3 Å². The van der Waals surface area contributed by atoms with Crippen LogP contribution in [0.2, 0.25) is 0 Å². The van der Waals surface area contributed by atoms with Crippen molar-refractivity contribution in [2.75, 3.05) is 11.4 Å². The highest BCUT2D eigenvalue weighted by molar-refractivity contribution is 7.98. The fourth-order valence-electron chi connectivity index (χ4n) is 3.12. The maximum Gasteiger partial charge on any atom is 0.280 e. The lowest BCUT2D eigenvalue weighted by Crippen LogP contribution is -2.31. The van der Waals surface area contributed by atoms with Crippen molar-refractivity contribution in [2.45, 2.75) is 24.5 Å². The standard InChI is InChI=1S/C20H18N2O2S/c1-3-22(14-8-6-7-13(2)11-14)20(23)18-16-12-25-17-10-5-4-9-15(17)19(16)24-21-18/h4-11H,3,12H2,1-2H3. The molecule has 5 heteroatoms. The number of anilines is 1. The number of carbonyl (C=O) groups excluding carboxylic acids is 1. The number of aryl methyl sites for hydroxylation is 1. The third kappa shape index (κ3) is 2.74. The van der Waals surface area contributed by atoms with Gasteiger partial charge in [-0.2, -0.15) is 0 Å². The number of hydrogen-bond donors (Lipinski definition) is 0. The van der Waals surface area contributed by atoms with E-state index in [0.717, 1.165) is 33.0 Å². The second kappa shape index (κ2) is 6.41. The highest BCUT2D eigenvalue weighted by Gasteiger charge is 2.30. The third-order valence-corrected chi connectivity index (χ3v) is 5.47. The van der Waals surface area contributed by atoms with Gasteiger partial charge >= 0.3 is 0 Å². The Morgan fingerprint density at radius 2 is 2.08 bits per heavy atom. The van der Waals surface area contributed by atoms with Crippen LogP contribution in [-0.4, -0.2) is 17.6 Å². The summed E-state index contributed by atoms with van der Waals surface area (Å²) in [6, 6.07) is 16.0. The van der Waals surface area contributed by atoms with E-state index in [-0.39, 0.29) is 5.91 Å². The Hall–Kier alpha value is -2.53. The van der Waals surface area contributed by atoms with Crippen molar-refractivity contribution in [2.24, 2.45) is 0 Å². The Labute approximate surface area is 150 Å². The molecular weight excluding hydrogens is 332 g/mol. The van der Waals surface area contributed by atoms with E-state index in [9.17, 15) is 4.79 Å². The van der Waals surface area contributed by atoms with Crippen LogP contribution >= 0.6 is 11.8 Å². The van der Waals surface area contributed by atoms with E-state index in [4.69, 9.17) is 4.52 Å². The van der Waals surface area contributed by atoms with E-state index in [1.54, 1.807) is 16.7 Å². The Morgan fingerprint density at radius 3 is 2.88 bits per heavy atom. The fraction of sp³-hybridized carbons (Fsp3) is 0.200. The molecule has 0 saturated heterocycles. The summed E-state index contributed by atoms with van der Waals surface area (Å²) in [5.74, 6) is 1.30. The monoisotopic (exact) mass is 350 g/mol. The van der Waals surface area contributed by atoms with Gasteiger partial charge in [0.2, 0.25) is 0 Å². The highest BCUT2D eigenvalue weighted by atomic mass is 32.2. The fourth-order valence-corrected chi connectivity index (χ4v) is 4.18. The van der Waals surface area contributed by atoms with E-state index in [1.165, 1.54) is 0 Å². The van der Waals surface area contributed by atoms with Crippen molar-refractivity contribution >= 4 is 23.4 Å². The number of rotatable bonds is 3. The molecule has 0 aliphatic carbocycles. The minimum atomic E-state index is -0.113. The zero-order valence-electron chi connectivity index (χ0n) is 14.2. The zero-order chi connectivity index (χ0) is 17.4. The number of nitrogens with zero attached hydrogens (tertiary/aromatic N) is 2. The molecule has 4 rings (SSSR count). The lowest BCUT2D eigenvalue weighted by molar-refractivity contribution is 0.0979. The molecule has 0 radical (unpaired) electrons. The second-order valence-corrected chi connectivity index (χ2v) is 7.03. The summed E-state index contributed by atoms with van der Waals surface area (Å²) in [6.07, 6.45) is 0. The molecule has 25 heavy (non-hydrogen) atoms. The number of aromatic nitrogens is 1. The maximum atomic E-state index is 13.1. The number of amides is 1. The van der Waals surface area contributed by atoms with Crippen molar-refractivity contribution in [3.05, 3.63) is 65.4 Å². The van der Waals surface area contributed by atoms with E-state index < -0.39 is 0 Å². The molecule has 0 unspecified atom stereocenters. The smallest absolute Gasteiger partial charge is 0.280 e. The first-order chi connectivity index (χ1) is 12.2. The van der Waals surface area contributed by atoms with Crippen molar-refractivity contribution in [3.63, 3.8) is 0 Å². The molecule has 0 N–H and O–H groups in total. The summed E-state index contributed by atoms with van der Waals surface area (Å²) in [7, 11) is 0. The number of hydrogen-bond acceptors (Lipinski definition) is 4. The molecule has 0 fully saturated rings. The average Bonchev–Trinajstić information content (AvgIpc) is 3.07. The van der Waals surface area contributed by atoms with Gasteiger partial charge in [0.1, 0.15) is 0 Å². The molecule has 3 aromatic rings. The number of thioether (sulfide) groups is 1. The quantitative estimate of drug-likeness (QED) is 0.672. The van der Waals surface area contributed by atoms with Gasteiger partial charge in [-0.25, -0.2) is 0 Å². The Kier molecular flexibility index (Phi) is 4.09. The van der Waals surface area contributed by atoms with Gasteiger partial charge in [0.15, 0.2) is 11.5 Å². The van der Waals surface area contributed by atoms with Crippen LogP contribution in [0.4, 0.5) is 5.69 Å². The maximum absolute atomic E-state index is 13.1. The second-order valence-electron chi connectivity index (χ2n) is 6.01. The first-order valence-corrected chi connectivity index (χ1v) is 9.27. The van der Waals surface area contributed by atoms with Crippen molar-refractivity contribution in [3.8, 4) is 11.3 Å². The first-order valence-electron chi connectivity index (χ1n) is 8.28. The van der Waals surface area contributed by atoms with Gasteiger partial charge in [-0.15, -0.1) is 11.8 Å². The predicted molar refractivity (Wildman–Crippen MR) is 100 cm³/mol. The van der Waals surface area contributed by atoms with E-state index in [2.05, 4.69) is 11.2 Å². The molecule has 0 saturated carbocycles. The summed E-state index contributed by atoms with van der Waals surface area (Å²) in [5.41, 5.74) is 4.32. The van der Waals surface area contributed by atoms with E-state index in [0.29, 0.717) is 18.0 Å². The number of fused-ring (bicyclic) bond motifs is 3. The van der Waals surface area contributed by atoms with E-state index in [1.807, 2.05) is 56.3 Å². The van der Waals surface area contributed by atoms with Crippen LogP contribution in [0.25, 0.3) is 11.3 Å². The molecule has 1 aromatic heterocycles. The molecule has 126 valence electrons. The van der Waals surface area contributed by atoms with Gasteiger partial charge in [-0.3, -0.25) is 4.79 Å². The van der Waals surface area contributed by atoms with Crippen LogP contribution in [0.1, 0.15) is 28.5 Å². The normalized spacial score (nSPS) is 12.4. The summed E-state index contributed by atoms with van der Waals surface area (Å²) < 4.78 is 5.58. The minimum absolute atomic E-state index is 0.113. The summed E-state index contributed by atoms with van der Waals surface area (Å²) in [5, 5.41) is 4.13. The summed E-state index contributed by atoms with van der Waals surface area (Å²) >= 11 is 1.71. The minimum Gasteiger partial charge on any atom is -0.355 e. The Morgan fingerprint density at radius 1 is 1.24 bits per heavy atom. The average molecular weight is 350 g/mol. The molecule has 0 atom stereocenters. The third-order valence-electron chi connectivity index (χ3n) is 4.37. The van der Waals surface area contributed by atoms with E-state index >= 15 is 0 Å². The van der Waals surface area contributed by atoms with Gasteiger partial charge in [0.25, 0.3) is 5.91 Å². The van der Waals surface area contributed by atoms with Gasteiger partial charge < -0.3 is 9.42 Å². The lowest BCUT2D eigenvalue weighted by atomic mass is 10.1. The summed E-state index contributed by atoms with van der Waals surface area (Å²) in [6.45, 7) is 4.57. The van der Waals surface area contributed by atoms with Crippen molar-refractivity contribution < 1.29 is 9.32 Å². The van der Waals surface area contributed by atoms with Crippen molar-refractivity contribution in [1.82, 2.24) is 5.16 Å². The molecule has 4 nitrogen and oxygen atoms in total. The molecule has 0 bridgehead atoms. The molecule has 1 aliphatic heterocycles. The predicted octanol–water partition coefficient (Wildman–Crippen LogP) is 4.92. The van der Waals surface area contributed by atoms with Crippen LogP contribution in [0.3, 0.4) is 0 Å². The molecule has 2 aromatic carbocycles. The number of carbonyl (C=O) groups is 1. The summed E-state index contributed by atoms with van der Waals surface area (Å²) in [4.78, 5) is 16.0. The zero-order valence-corrected chi connectivity index (χ0v) is 15.0. The van der Waals surface area contributed by atoms with Crippen LogP contribution in [0.5, 0.6) is 0 Å². The molecule has 0 spiro atoms. The Bertz CT molecular complexity index is 948.